The molecule has 3 atom stereocenters. The number of hydrogen-bond acceptors (Lipinski definition) is 3. The molecule has 2 heterocycles. The van der Waals surface area contributed by atoms with Gasteiger partial charge in [-0.3, -0.25) is 9.59 Å². The summed E-state index contributed by atoms with van der Waals surface area (Å²) in [6.07, 6.45) is 1.88. The Bertz CT molecular complexity index is 652. The molecule has 0 saturated carbocycles. The maximum Gasteiger partial charge on any atom is 0.245 e. The fraction of sp³-hybridized carbons (Fsp3) is 0.294. The number of β-lactam (4-membered cyclic amide) rings is 1. The van der Waals surface area contributed by atoms with Crippen molar-refractivity contribution in [3.8, 4) is 0 Å². The normalized spacial score (nSPS) is 21.6. The maximum atomic E-state index is 12.1. The van der Waals surface area contributed by atoms with Gasteiger partial charge in [-0.25, -0.2) is 0 Å². The molecule has 5 nitrogen and oxygen atoms in total. The minimum Gasteiger partial charge on any atom is -0.469 e. The van der Waals surface area contributed by atoms with E-state index in [0.29, 0.717) is 0 Å². The SMILES string of the molecule is CC(c1ccco1)[C@H]1NC(=O)[C@H]1NC(=O)Cc1ccccc1. The molecule has 0 bridgehead atoms. The maximum absolute atomic E-state index is 12.1. The zero-order valence-corrected chi connectivity index (χ0v) is 12.3. The molecule has 0 spiro atoms. The summed E-state index contributed by atoms with van der Waals surface area (Å²) in [7, 11) is 0. The lowest BCUT2D eigenvalue weighted by atomic mass is 9.86. The van der Waals surface area contributed by atoms with Gasteiger partial charge in [0.25, 0.3) is 0 Å². The lowest BCUT2D eigenvalue weighted by molar-refractivity contribution is -0.136. The van der Waals surface area contributed by atoms with E-state index < -0.39 is 6.04 Å². The third-order valence-corrected chi connectivity index (χ3v) is 4.01. The van der Waals surface area contributed by atoms with Gasteiger partial charge >= 0.3 is 0 Å². The molecule has 1 saturated heterocycles. The van der Waals surface area contributed by atoms with E-state index in [4.69, 9.17) is 4.42 Å². The van der Waals surface area contributed by atoms with Gasteiger partial charge in [0.1, 0.15) is 11.8 Å². The van der Waals surface area contributed by atoms with Crippen molar-refractivity contribution in [2.45, 2.75) is 31.3 Å². The standard InChI is InChI=1S/C17H18N2O3/c1-11(13-8-5-9-22-13)15-16(17(21)19-15)18-14(20)10-12-6-3-2-4-7-12/h2-9,11,15-16H,10H2,1H3,(H,18,20)(H,19,21)/t11?,15-,16+/m1/s1. The summed E-state index contributed by atoms with van der Waals surface area (Å²) in [5, 5.41) is 5.65. The van der Waals surface area contributed by atoms with Crippen molar-refractivity contribution in [1.82, 2.24) is 10.6 Å². The van der Waals surface area contributed by atoms with E-state index in [2.05, 4.69) is 10.6 Å². The molecule has 114 valence electrons. The molecule has 1 aromatic heterocycles. The molecule has 1 aliphatic rings. The summed E-state index contributed by atoms with van der Waals surface area (Å²) >= 11 is 0. The topological polar surface area (TPSA) is 71.3 Å². The largest absolute Gasteiger partial charge is 0.469 e. The van der Waals surface area contributed by atoms with Gasteiger partial charge in [0.15, 0.2) is 0 Å². The summed E-state index contributed by atoms with van der Waals surface area (Å²) in [5.74, 6) is 0.509. The Balaban J connectivity index is 1.61. The highest BCUT2D eigenvalue weighted by atomic mass is 16.3. The second-order valence-electron chi connectivity index (χ2n) is 5.55. The Hall–Kier alpha value is -2.56. The van der Waals surface area contributed by atoms with Gasteiger partial charge in [-0.05, 0) is 17.7 Å². The van der Waals surface area contributed by atoms with Crippen LogP contribution in [-0.4, -0.2) is 23.9 Å². The van der Waals surface area contributed by atoms with Crippen molar-refractivity contribution in [2.24, 2.45) is 0 Å². The first-order chi connectivity index (χ1) is 10.6. The Morgan fingerprint density at radius 3 is 2.68 bits per heavy atom. The van der Waals surface area contributed by atoms with E-state index in [1.54, 1.807) is 6.26 Å². The monoisotopic (exact) mass is 298 g/mol. The zero-order valence-electron chi connectivity index (χ0n) is 12.3. The van der Waals surface area contributed by atoms with Crippen molar-refractivity contribution < 1.29 is 14.0 Å². The number of furan rings is 1. The van der Waals surface area contributed by atoms with Crippen molar-refractivity contribution in [3.05, 3.63) is 60.1 Å². The van der Waals surface area contributed by atoms with Crippen LogP contribution in [0, 0.1) is 0 Å². The quantitative estimate of drug-likeness (QED) is 0.824. The summed E-state index contributed by atoms with van der Waals surface area (Å²) in [4.78, 5) is 23.8. The fourth-order valence-electron chi connectivity index (χ4n) is 2.71. The Labute approximate surface area is 128 Å². The van der Waals surface area contributed by atoms with Gasteiger partial charge in [0.05, 0.1) is 18.7 Å². The summed E-state index contributed by atoms with van der Waals surface area (Å²) in [6.45, 7) is 1.97. The Kier molecular flexibility index (Phi) is 3.96. The lowest BCUT2D eigenvalue weighted by Gasteiger charge is -2.40. The van der Waals surface area contributed by atoms with E-state index in [-0.39, 0.29) is 30.2 Å². The van der Waals surface area contributed by atoms with Gasteiger partial charge in [-0.1, -0.05) is 37.3 Å². The van der Waals surface area contributed by atoms with Gasteiger partial charge in [0.2, 0.25) is 11.8 Å². The molecule has 0 aliphatic carbocycles. The van der Waals surface area contributed by atoms with Crippen molar-refractivity contribution in [3.63, 3.8) is 0 Å². The molecule has 22 heavy (non-hydrogen) atoms. The Morgan fingerprint density at radius 1 is 1.27 bits per heavy atom. The number of amides is 2. The van der Waals surface area contributed by atoms with E-state index in [1.807, 2.05) is 49.4 Å². The van der Waals surface area contributed by atoms with Crippen LogP contribution in [0.25, 0.3) is 0 Å². The van der Waals surface area contributed by atoms with Gasteiger partial charge in [0, 0.05) is 5.92 Å². The fourth-order valence-corrected chi connectivity index (χ4v) is 2.71. The van der Waals surface area contributed by atoms with Crippen molar-refractivity contribution in [2.75, 3.05) is 0 Å². The number of carbonyl (C=O) groups excluding carboxylic acids is 2. The second-order valence-corrected chi connectivity index (χ2v) is 5.55. The van der Waals surface area contributed by atoms with E-state index in [0.717, 1.165) is 11.3 Å². The molecule has 1 fully saturated rings. The molecule has 1 aliphatic heterocycles. The van der Waals surface area contributed by atoms with Gasteiger partial charge < -0.3 is 15.1 Å². The second kappa shape index (κ2) is 6.05. The first kappa shape index (κ1) is 14.4. The number of carbonyl (C=O) groups is 2. The van der Waals surface area contributed by atoms with Crippen LogP contribution in [0.4, 0.5) is 0 Å². The lowest BCUT2D eigenvalue weighted by Crippen LogP contribution is -2.70. The Morgan fingerprint density at radius 2 is 2.05 bits per heavy atom. The van der Waals surface area contributed by atoms with Crippen LogP contribution in [0.5, 0.6) is 0 Å². The zero-order chi connectivity index (χ0) is 15.5. The first-order valence-electron chi connectivity index (χ1n) is 7.32. The molecule has 2 N–H and O–H groups in total. The molecule has 2 aromatic rings. The summed E-state index contributed by atoms with van der Waals surface area (Å²) < 4.78 is 5.37. The van der Waals surface area contributed by atoms with Gasteiger partial charge in [-0.2, -0.15) is 0 Å². The molecular formula is C17H18N2O3. The number of nitrogens with one attached hydrogen (secondary N) is 2. The summed E-state index contributed by atoms with van der Waals surface area (Å²) in [6, 6.07) is 12.5. The molecule has 1 aromatic carbocycles. The van der Waals surface area contributed by atoms with Crippen LogP contribution in [-0.2, 0) is 16.0 Å². The van der Waals surface area contributed by atoms with E-state index in [1.165, 1.54) is 0 Å². The van der Waals surface area contributed by atoms with Crippen LogP contribution < -0.4 is 10.6 Å². The van der Waals surface area contributed by atoms with Crippen molar-refractivity contribution >= 4 is 11.8 Å². The first-order valence-corrected chi connectivity index (χ1v) is 7.32. The van der Waals surface area contributed by atoms with Crippen LogP contribution in [0.2, 0.25) is 0 Å². The minimum absolute atomic E-state index is 0.00900. The predicted molar refractivity (Wildman–Crippen MR) is 81.1 cm³/mol. The molecule has 1 unspecified atom stereocenters. The highest BCUT2D eigenvalue weighted by Crippen LogP contribution is 2.26. The molecule has 5 heteroatoms. The predicted octanol–water partition coefficient (Wildman–Crippen LogP) is 1.61. The minimum atomic E-state index is -0.503. The molecule has 0 radical (unpaired) electrons. The average Bonchev–Trinajstić information content (AvgIpc) is 3.05. The molecule has 3 rings (SSSR count). The average molecular weight is 298 g/mol. The van der Waals surface area contributed by atoms with Gasteiger partial charge in [-0.15, -0.1) is 0 Å². The number of rotatable bonds is 5. The van der Waals surface area contributed by atoms with E-state index in [9.17, 15) is 9.59 Å². The smallest absolute Gasteiger partial charge is 0.245 e. The molecular weight excluding hydrogens is 280 g/mol. The van der Waals surface area contributed by atoms with Crippen LogP contribution in [0.1, 0.15) is 24.2 Å². The van der Waals surface area contributed by atoms with Crippen LogP contribution in [0.3, 0.4) is 0 Å². The third kappa shape index (κ3) is 2.88. The third-order valence-electron chi connectivity index (χ3n) is 4.01. The van der Waals surface area contributed by atoms with Crippen molar-refractivity contribution in [1.29, 1.82) is 0 Å². The highest BCUT2D eigenvalue weighted by molar-refractivity contribution is 5.94. The molecule has 2 amide bonds. The van der Waals surface area contributed by atoms with Crippen LogP contribution >= 0.6 is 0 Å². The number of hydrogen-bond donors (Lipinski definition) is 2. The summed E-state index contributed by atoms with van der Waals surface area (Å²) in [5.41, 5.74) is 0.926. The number of benzene rings is 1. The van der Waals surface area contributed by atoms with E-state index >= 15 is 0 Å². The highest BCUT2D eigenvalue weighted by Gasteiger charge is 2.44. The van der Waals surface area contributed by atoms with Crippen LogP contribution in [0.15, 0.2) is 53.1 Å².